The molecule has 15 heteroatoms. The fourth-order valence-electron chi connectivity index (χ4n) is 10.6. The van der Waals surface area contributed by atoms with Gasteiger partial charge in [-0.05, 0) is 145 Å². The molecule has 66 heavy (non-hydrogen) atoms. The first-order chi connectivity index (χ1) is 31.8. The molecular weight excluding hydrogens is 891 g/mol. The fourth-order valence-corrected chi connectivity index (χ4v) is 11.0. The van der Waals surface area contributed by atoms with Crippen LogP contribution in [-0.4, -0.2) is 122 Å². The minimum atomic E-state index is -1.77. The molecular formula is C51H60Cl2O13. The zero-order valence-electron chi connectivity index (χ0n) is 36.7. The van der Waals surface area contributed by atoms with Crippen LogP contribution in [0.25, 0.3) is 0 Å². The van der Waals surface area contributed by atoms with Crippen LogP contribution in [0.4, 0.5) is 0 Å². The largest absolute Gasteiger partial charge is 0.490 e. The summed E-state index contributed by atoms with van der Waals surface area (Å²) in [4.78, 5) is 0. The van der Waals surface area contributed by atoms with Crippen LogP contribution in [0, 0.1) is 23.7 Å². The molecule has 4 aromatic rings. The Morgan fingerprint density at radius 1 is 0.561 bits per heavy atom. The molecule has 4 saturated carbocycles. The molecule has 4 aliphatic carbocycles. The molecule has 8 N–H and O–H groups in total. The first-order valence-corrected chi connectivity index (χ1v) is 23.8. The molecule has 2 saturated heterocycles. The van der Waals surface area contributed by atoms with Gasteiger partial charge in [0, 0.05) is 22.7 Å². The summed E-state index contributed by atoms with van der Waals surface area (Å²) in [6.07, 6.45) is -2.50. The quantitative estimate of drug-likeness (QED) is 0.0889. The Morgan fingerprint density at radius 2 is 1.05 bits per heavy atom. The van der Waals surface area contributed by atoms with Crippen molar-refractivity contribution >= 4 is 23.2 Å². The SMILES string of the molecule is COC1(c2ccc(Cl)c(Cc3ccc(OC4C[C@@H]5C[C@@H]5C4)cc3)c2)O[C@H](CO)[C@@H](O)[C@H](O)[C@H]1O.OC[C@H]1OC(c2ccc(Cl)c(Cc3ccc(OC4C[C@@H]5C[C@@H]5C4)cc3)c2)[C@H](O)[C@@H](O)[C@@H]1O. The van der Waals surface area contributed by atoms with Gasteiger partial charge in [0.15, 0.2) is 0 Å². The molecule has 0 aromatic heterocycles. The van der Waals surface area contributed by atoms with Gasteiger partial charge in [-0.2, -0.15) is 0 Å². The maximum Gasteiger partial charge on any atom is 0.224 e. The lowest BCUT2D eigenvalue weighted by Gasteiger charge is -2.47. The van der Waals surface area contributed by atoms with Crippen LogP contribution in [0.1, 0.15) is 78.0 Å². The Kier molecular flexibility index (Phi) is 14.4. The van der Waals surface area contributed by atoms with E-state index in [1.807, 2.05) is 54.6 Å². The number of methoxy groups -OCH3 is 1. The van der Waals surface area contributed by atoms with Crippen molar-refractivity contribution in [3.63, 3.8) is 0 Å². The van der Waals surface area contributed by atoms with Gasteiger partial charge in [0.2, 0.25) is 5.79 Å². The molecule has 4 aromatic carbocycles. The number of fused-ring (bicyclic) bond motifs is 2. The van der Waals surface area contributed by atoms with Gasteiger partial charge in [-0.1, -0.05) is 65.7 Å². The van der Waals surface area contributed by atoms with Crippen molar-refractivity contribution in [2.75, 3.05) is 20.3 Å². The summed E-state index contributed by atoms with van der Waals surface area (Å²) in [5, 5.41) is 82.0. The lowest BCUT2D eigenvalue weighted by Crippen LogP contribution is -2.64. The number of benzene rings is 4. The topological polar surface area (TPSA) is 208 Å². The van der Waals surface area contributed by atoms with E-state index in [0.717, 1.165) is 70.3 Å². The number of aliphatic hydroxyl groups excluding tert-OH is 8. The number of hydrogen-bond acceptors (Lipinski definition) is 13. The minimum Gasteiger partial charge on any atom is -0.490 e. The number of rotatable bonds is 13. The van der Waals surface area contributed by atoms with Crippen LogP contribution < -0.4 is 9.47 Å². The van der Waals surface area contributed by atoms with E-state index in [1.165, 1.54) is 32.8 Å². The molecule has 16 atom stereocenters. The predicted molar refractivity (Wildman–Crippen MR) is 243 cm³/mol. The molecule has 0 spiro atoms. The zero-order chi connectivity index (χ0) is 46.4. The Balaban J connectivity index is 0.000000166. The second kappa shape index (κ2) is 19.9. The highest BCUT2D eigenvalue weighted by molar-refractivity contribution is 6.31. The summed E-state index contributed by atoms with van der Waals surface area (Å²) in [6.45, 7) is -1.01. The Labute approximate surface area is 394 Å². The van der Waals surface area contributed by atoms with E-state index in [9.17, 15) is 40.9 Å². The van der Waals surface area contributed by atoms with Crippen molar-refractivity contribution in [1.29, 1.82) is 0 Å². The van der Waals surface area contributed by atoms with Crippen LogP contribution in [0.15, 0.2) is 84.9 Å². The van der Waals surface area contributed by atoms with Gasteiger partial charge < -0.3 is 64.5 Å². The van der Waals surface area contributed by atoms with Crippen LogP contribution in [0.3, 0.4) is 0 Å². The molecule has 10 rings (SSSR count). The van der Waals surface area contributed by atoms with Crippen LogP contribution >= 0.6 is 23.2 Å². The molecule has 2 aliphatic heterocycles. The van der Waals surface area contributed by atoms with Crippen molar-refractivity contribution in [3.05, 3.63) is 128 Å². The van der Waals surface area contributed by atoms with Gasteiger partial charge in [-0.15, -0.1) is 0 Å². The van der Waals surface area contributed by atoms with E-state index in [-0.39, 0.29) is 0 Å². The molecule has 13 nitrogen and oxygen atoms in total. The Hall–Kier alpha value is -3.38. The van der Waals surface area contributed by atoms with Crippen molar-refractivity contribution in [1.82, 2.24) is 0 Å². The van der Waals surface area contributed by atoms with Gasteiger partial charge in [0.1, 0.15) is 66.4 Å². The van der Waals surface area contributed by atoms with Gasteiger partial charge in [0.05, 0.1) is 25.4 Å². The number of halogens is 2. The van der Waals surface area contributed by atoms with E-state index in [1.54, 1.807) is 30.3 Å². The molecule has 4 unspecified atom stereocenters. The van der Waals surface area contributed by atoms with Gasteiger partial charge in [-0.25, -0.2) is 0 Å². The minimum absolute atomic E-state index is 0.324. The fraction of sp³-hybridized carbons (Fsp3) is 0.529. The first kappa shape index (κ1) is 47.7. The lowest BCUT2D eigenvalue weighted by atomic mass is 9.87. The number of aliphatic hydroxyl groups is 8. The first-order valence-electron chi connectivity index (χ1n) is 23.0. The number of hydrogen-bond donors (Lipinski definition) is 8. The molecule has 0 amide bonds. The van der Waals surface area contributed by atoms with E-state index in [2.05, 4.69) is 0 Å². The van der Waals surface area contributed by atoms with Crippen LogP contribution in [0.2, 0.25) is 10.0 Å². The normalized spacial score (nSPS) is 36.4. The van der Waals surface area contributed by atoms with Crippen molar-refractivity contribution < 1.29 is 64.5 Å². The van der Waals surface area contributed by atoms with Crippen LogP contribution in [0.5, 0.6) is 11.5 Å². The van der Waals surface area contributed by atoms with Crippen molar-refractivity contribution in [2.24, 2.45) is 23.7 Å². The number of ether oxygens (including phenoxy) is 5. The molecule has 0 radical (unpaired) electrons. The average molecular weight is 952 g/mol. The molecule has 6 aliphatic rings. The molecule has 2 heterocycles. The molecule has 6 fully saturated rings. The monoisotopic (exact) mass is 950 g/mol. The van der Waals surface area contributed by atoms with E-state index >= 15 is 0 Å². The molecule has 0 bridgehead atoms. The van der Waals surface area contributed by atoms with Crippen molar-refractivity contribution in [2.45, 2.75) is 124 Å². The highest BCUT2D eigenvalue weighted by atomic mass is 35.5. The predicted octanol–water partition coefficient (Wildman–Crippen LogP) is 5.00. The van der Waals surface area contributed by atoms with Gasteiger partial charge in [0.25, 0.3) is 0 Å². The van der Waals surface area contributed by atoms with E-state index in [0.29, 0.717) is 46.2 Å². The lowest BCUT2D eigenvalue weighted by molar-refractivity contribution is -0.366. The summed E-state index contributed by atoms with van der Waals surface area (Å²) in [5.41, 5.74) is 4.77. The zero-order valence-corrected chi connectivity index (χ0v) is 38.2. The molecule has 356 valence electrons. The summed E-state index contributed by atoms with van der Waals surface area (Å²) < 4.78 is 29.3. The third kappa shape index (κ3) is 10.0. The third-order valence-corrected chi connectivity index (χ3v) is 15.4. The van der Waals surface area contributed by atoms with Gasteiger partial charge in [-0.3, -0.25) is 0 Å². The van der Waals surface area contributed by atoms with Gasteiger partial charge >= 0.3 is 0 Å². The maximum absolute atomic E-state index is 10.8. The van der Waals surface area contributed by atoms with E-state index in [4.69, 9.17) is 46.9 Å². The maximum atomic E-state index is 10.8. The highest BCUT2D eigenvalue weighted by Gasteiger charge is 2.55. The third-order valence-electron chi connectivity index (χ3n) is 14.6. The standard InChI is InChI=1S/C26H31ClO7.C25H29ClO6/c1-32-26(25(31)24(30)23(29)22(13-28)34-26)18-4-7-21(27)17(10-18)8-14-2-5-19(6-3-14)33-20-11-15-9-16(15)12-20;26-20-6-3-14(25-24(30)23(29)22(28)21(12-27)32-25)8-17(20)7-13-1-4-18(5-2-13)31-19-10-15-9-16(15)11-19/h2-7,10,15-16,20,22-25,28-31H,8-9,11-13H2,1H3;1-6,8,15-16,19,21-25,27-30H,7,9-12H2/t15-,16+,20?,22-,23-,24+,25-,26?;15-,16+,19?,21-,22-,23+,24-,25?/m11/s1. The Bertz CT molecular complexity index is 2260. The summed E-state index contributed by atoms with van der Waals surface area (Å²) >= 11 is 12.9. The Morgan fingerprint density at radius 3 is 1.55 bits per heavy atom. The van der Waals surface area contributed by atoms with Crippen molar-refractivity contribution in [3.8, 4) is 11.5 Å². The second-order valence-corrected chi connectivity index (χ2v) is 19.9. The summed E-state index contributed by atoms with van der Waals surface area (Å²) in [5.74, 6) is 3.51. The van der Waals surface area contributed by atoms with E-state index < -0.39 is 73.9 Å². The summed E-state index contributed by atoms with van der Waals surface area (Å²) in [6, 6.07) is 26.4. The summed E-state index contributed by atoms with van der Waals surface area (Å²) in [7, 11) is 1.34. The smallest absolute Gasteiger partial charge is 0.224 e. The second-order valence-electron chi connectivity index (χ2n) is 19.1. The average Bonchev–Trinajstić information content (AvgIpc) is 4.16. The highest BCUT2D eigenvalue weighted by Crippen LogP contribution is 2.53. The van der Waals surface area contributed by atoms with Crippen LogP contribution in [-0.2, 0) is 32.8 Å².